The van der Waals surface area contributed by atoms with E-state index < -0.39 is 0 Å². The van der Waals surface area contributed by atoms with E-state index in [1.807, 2.05) is 12.1 Å². The Hall–Kier alpha value is -0.800. The second kappa shape index (κ2) is 6.95. The van der Waals surface area contributed by atoms with Crippen molar-refractivity contribution in [1.82, 2.24) is 5.32 Å². The minimum atomic E-state index is 0.329. The van der Waals surface area contributed by atoms with E-state index in [2.05, 4.69) is 39.9 Å². The molecular formula is C15H27NO2. The van der Waals surface area contributed by atoms with Crippen LogP contribution in [0.25, 0.3) is 0 Å². The Morgan fingerprint density at radius 2 is 1.89 bits per heavy atom. The van der Waals surface area contributed by atoms with Gasteiger partial charge < -0.3 is 14.5 Å². The first-order chi connectivity index (χ1) is 8.37. The van der Waals surface area contributed by atoms with E-state index in [0.29, 0.717) is 18.1 Å². The summed E-state index contributed by atoms with van der Waals surface area (Å²) in [5.41, 5.74) is 0.329. The first-order valence-electron chi connectivity index (χ1n) is 6.75. The molecule has 0 aliphatic rings. The summed E-state index contributed by atoms with van der Waals surface area (Å²) in [4.78, 5) is 0. The van der Waals surface area contributed by atoms with Crippen LogP contribution in [0.1, 0.15) is 52.6 Å². The highest BCUT2D eigenvalue weighted by molar-refractivity contribution is 5.06. The maximum absolute atomic E-state index is 5.68. The lowest BCUT2D eigenvalue weighted by atomic mass is 9.93. The summed E-state index contributed by atoms with van der Waals surface area (Å²) in [7, 11) is 0. The molecular weight excluding hydrogens is 226 g/mol. The predicted molar refractivity (Wildman–Crippen MR) is 74.4 cm³/mol. The third kappa shape index (κ3) is 6.82. The van der Waals surface area contributed by atoms with Crippen molar-refractivity contribution in [3.8, 4) is 0 Å². The molecule has 104 valence electrons. The summed E-state index contributed by atoms with van der Waals surface area (Å²) in [6.07, 6.45) is 1.06. The van der Waals surface area contributed by atoms with Crippen molar-refractivity contribution in [2.75, 3.05) is 6.61 Å². The molecule has 1 aromatic heterocycles. The Bertz CT molecular complexity index is 337. The quantitative estimate of drug-likeness (QED) is 0.752. The van der Waals surface area contributed by atoms with Gasteiger partial charge in [0, 0.05) is 12.6 Å². The molecule has 0 radical (unpaired) electrons. The lowest BCUT2D eigenvalue weighted by Gasteiger charge is -2.17. The van der Waals surface area contributed by atoms with Crippen LogP contribution in [-0.2, 0) is 17.9 Å². The topological polar surface area (TPSA) is 34.4 Å². The van der Waals surface area contributed by atoms with Gasteiger partial charge in [-0.15, -0.1) is 0 Å². The molecule has 0 spiro atoms. The van der Waals surface area contributed by atoms with E-state index in [0.717, 1.165) is 31.1 Å². The molecule has 3 heteroatoms. The average Bonchev–Trinajstić information content (AvgIpc) is 2.68. The van der Waals surface area contributed by atoms with Crippen LogP contribution in [-0.4, -0.2) is 12.6 Å². The summed E-state index contributed by atoms with van der Waals surface area (Å²) in [6, 6.07) is 4.48. The van der Waals surface area contributed by atoms with Crippen molar-refractivity contribution >= 4 is 0 Å². The monoisotopic (exact) mass is 253 g/mol. The Morgan fingerprint density at radius 1 is 1.22 bits per heavy atom. The maximum Gasteiger partial charge on any atom is 0.129 e. The molecule has 0 saturated heterocycles. The number of hydrogen-bond acceptors (Lipinski definition) is 3. The molecule has 1 rings (SSSR count). The molecule has 0 saturated carbocycles. The van der Waals surface area contributed by atoms with E-state index >= 15 is 0 Å². The smallest absolute Gasteiger partial charge is 0.129 e. The van der Waals surface area contributed by atoms with Crippen LogP contribution >= 0.6 is 0 Å². The summed E-state index contributed by atoms with van der Waals surface area (Å²) in [5, 5.41) is 3.33. The van der Waals surface area contributed by atoms with Crippen LogP contribution in [0, 0.1) is 5.41 Å². The van der Waals surface area contributed by atoms with Gasteiger partial charge in [-0.1, -0.05) is 34.6 Å². The molecule has 0 aliphatic carbocycles. The Kier molecular flexibility index (Phi) is 5.89. The van der Waals surface area contributed by atoms with Crippen LogP contribution in [0.3, 0.4) is 0 Å². The molecule has 0 bridgehead atoms. The SMILES string of the molecule is CC(C)NCc1ccc(COCCC(C)(C)C)o1. The van der Waals surface area contributed by atoms with Gasteiger partial charge in [0.1, 0.15) is 18.1 Å². The molecule has 0 unspecified atom stereocenters. The van der Waals surface area contributed by atoms with Gasteiger partial charge >= 0.3 is 0 Å². The number of rotatable bonds is 7. The van der Waals surface area contributed by atoms with Gasteiger partial charge in [0.05, 0.1) is 6.54 Å². The standard InChI is InChI=1S/C15H27NO2/c1-12(2)16-10-13-6-7-14(18-13)11-17-9-8-15(3,4)5/h6-7,12,16H,8-11H2,1-5H3. The van der Waals surface area contributed by atoms with Crippen molar-refractivity contribution in [2.24, 2.45) is 5.41 Å². The van der Waals surface area contributed by atoms with Crippen molar-refractivity contribution in [3.63, 3.8) is 0 Å². The van der Waals surface area contributed by atoms with E-state index in [1.165, 1.54) is 0 Å². The molecule has 1 heterocycles. The lowest BCUT2D eigenvalue weighted by molar-refractivity contribution is 0.0836. The van der Waals surface area contributed by atoms with E-state index in [9.17, 15) is 0 Å². The molecule has 18 heavy (non-hydrogen) atoms. The minimum absolute atomic E-state index is 0.329. The first kappa shape index (κ1) is 15.3. The molecule has 3 nitrogen and oxygen atoms in total. The third-order valence-electron chi connectivity index (χ3n) is 2.64. The lowest BCUT2D eigenvalue weighted by Crippen LogP contribution is -2.21. The summed E-state index contributed by atoms with van der Waals surface area (Å²) < 4.78 is 11.3. The van der Waals surface area contributed by atoms with Gasteiger partial charge in [0.15, 0.2) is 0 Å². The van der Waals surface area contributed by atoms with Crippen LogP contribution in [0.4, 0.5) is 0 Å². The zero-order chi connectivity index (χ0) is 13.6. The number of furan rings is 1. The van der Waals surface area contributed by atoms with Crippen LogP contribution in [0.15, 0.2) is 16.5 Å². The normalized spacial score (nSPS) is 12.3. The molecule has 0 aromatic carbocycles. The molecule has 1 N–H and O–H groups in total. The summed E-state index contributed by atoms with van der Waals surface area (Å²) in [5.74, 6) is 1.88. The zero-order valence-electron chi connectivity index (χ0n) is 12.4. The van der Waals surface area contributed by atoms with Crippen LogP contribution < -0.4 is 5.32 Å². The molecule has 0 amide bonds. The zero-order valence-corrected chi connectivity index (χ0v) is 12.4. The minimum Gasteiger partial charge on any atom is -0.462 e. The fraction of sp³-hybridized carbons (Fsp3) is 0.733. The van der Waals surface area contributed by atoms with Gasteiger partial charge in [-0.2, -0.15) is 0 Å². The maximum atomic E-state index is 5.68. The summed E-state index contributed by atoms with van der Waals surface area (Å²) in [6.45, 7) is 13.0. The highest BCUT2D eigenvalue weighted by atomic mass is 16.5. The molecule has 0 fully saturated rings. The highest BCUT2D eigenvalue weighted by Gasteiger charge is 2.10. The molecule has 1 aromatic rings. The first-order valence-corrected chi connectivity index (χ1v) is 6.75. The van der Waals surface area contributed by atoms with Gasteiger partial charge in [0.25, 0.3) is 0 Å². The van der Waals surface area contributed by atoms with E-state index in [-0.39, 0.29) is 0 Å². The van der Waals surface area contributed by atoms with Crippen molar-refractivity contribution in [1.29, 1.82) is 0 Å². The highest BCUT2D eigenvalue weighted by Crippen LogP contribution is 2.18. The van der Waals surface area contributed by atoms with Crippen molar-refractivity contribution < 1.29 is 9.15 Å². The van der Waals surface area contributed by atoms with Crippen molar-refractivity contribution in [2.45, 2.75) is 60.2 Å². The summed E-state index contributed by atoms with van der Waals surface area (Å²) >= 11 is 0. The molecule has 0 atom stereocenters. The average molecular weight is 253 g/mol. The second-order valence-corrected chi connectivity index (χ2v) is 6.27. The number of nitrogens with one attached hydrogen (secondary N) is 1. The predicted octanol–water partition coefficient (Wildman–Crippen LogP) is 3.73. The number of ether oxygens (including phenoxy) is 1. The Morgan fingerprint density at radius 3 is 2.50 bits per heavy atom. The van der Waals surface area contributed by atoms with Gasteiger partial charge in [-0.25, -0.2) is 0 Å². The largest absolute Gasteiger partial charge is 0.462 e. The van der Waals surface area contributed by atoms with Crippen molar-refractivity contribution in [3.05, 3.63) is 23.7 Å². The Labute approximate surface area is 111 Å². The van der Waals surface area contributed by atoms with Crippen LogP contribution in [0.5, 0.6) is 0 Å². The van der Waals surface area contributed by atoms with Gasteiger partial charge in [0.2, 0.25) is 0 Å². The second-order valence-electron chi connectivity index (χ2n) is 6.27. The van der Waals surface area contributed by atoms with E-state index in [4.69, 9.17) is 9.15 Å². The molecule has 0 aliphatic heterocycles. The number of hydrogen-bond donors (Lipinski definition) is 1. The Balaban J connectivity index is 2.23. The fourth-order valence-electron chi connectivity index (χ4n) is 1.45. The van der Waals surface area contributed by atoms with E-state index in [1.54, 1.807) is 0 Å². The van der Waals surface area contributed by atoms with Crippen LogP contribution in [0.2, 0.25) is 0 Å². The fourth-order valence-corrected chi connectivity index (χ4v) is 1.45. The van der Waals surface area contributed by atoms with Gasteiger partial charge in [-0.05, 0) is 24.0 Å². The third-order valence-corrected chi connectivity index (χ3v) is 2.64. The van der Waals surface area contributed by atoms with Gasteiger partial charge in [-0.3, -0.25) is 0 Å².